The van der Waals surface area contributed by atoms with Crippen LogP contribution in [-0.2, 0) is 9.84 Å². The number of carbonyl (C=O) groups is 1. The Balaban J connectivity index is 1.76. The lowest BCUT2D eigenvalue weighted by Crippen LogP contribution is -2.37. The van der Waals surface area contributed by atoms with E-state index in [0.717, 1.165) is 11.3 Å². The highest BCUT2D eigenvalue weighted by atomic mass is 35.5. The van der Waals surface area contributed by atoms with E-state index in [-0.39, 0.29) is 23.5 Å². The van der Waals surface area contributed by atoms with E-state index in [1.165, 1.54) is 4.90 Å². The van der Waals surface area contributed by atoms with E-state index >= 15 is 0 Å². The van der Waals surface area contributed by atoms with E-state index in [0.29, 0.717) is 22.8 Å². The second-order valence-electron chi connectivity index (χ2n) is 6.49. The van der Waals surface area contributed by atoms with Gasteiger partial charge in [0.05, 0.1) is 11.5 Å². The highest BCUT2D eigenvalue weighted by molar-refractivity contribution is 7.91. The van der Waals surface area contributed by atoms with Crippen molar-refractivity contribution < 1.29 is 13.2 Å². The van der Waals surface area contributed by atoms with Crippen LogP contribution in [0.1, 0.15) is 22.3 Å². The van der Waals surface area contributed by atoms with Crippen molar-refractivity contribution in [3.05, 3.63) is 52.7 Å². The van der Waals surface area contributed by atoms with Crippen molar-refractivity contribution in [1.82, 2.24) is 9.88 Å². The summed E-state index contributed by atoms with van der Waals surface area (Å²) in [6.07, 6.45) is 2.02. The smallest absolute Gasteiger partial charge is 0.254 e. The minimum absolute atomic E-state index is 0.0211. The van der Waals surface area contributed by atoms with Gasteiger partial charge in [0.25, 0.3) is 5.91 Å². The highest BCUT2D eigenvalue weighted by Gasteiger charge is 2.33. The number of amides is 1. The summed E-state index contributed by atoms with van der Waals surface area (Å²) < 4.78 is 23.3. The van der Waals surface area contributed by atoms with Gasteiger partial charge in [-0.1, -0.05) is 17.7 Å². The van der Waals surface area contributed by atoms with Crippen LogP contribution < -0.4 is 5.32 Å². The highest BCUT2D eigenvalue weighted by Crippen LogP contribution is 2.23. The Kier molecular flexibility index (Phi) is 5.20. The first-order valence-corrected chi connectivity index (χ1v) is 10.4. The molecule has 1 amide bonds. The molecular formula is C18H20ClN3O3S. The number of aromatic nitrogens is 1. The van der Waals surface area contributed by atoms with E-state index in [2.05, 4.69) is 10.3 Å². The maximum Gasteiger partial charge on any atom is 0.254 e. The summed E-state index contributed by atoms with van der Waals surface area (Å²) >= 11 is 6.13. The molecular weight excluding hydrogens is 374 g/mol. The second-order valence-corrected chi connectivity index (χ2v) is 9.13. The summed E-state index contributed by atoms with van der Waals surface area (Å²) in [4.78, 5) is 18.4. The van der Waals surface area contributed by atoms with Crippen molar-refractivity contribution in [2.45, 2.75) is 19.4 Å². The van der Waals surface area contributed by atoms with Gasteiger partial charge < -0.3 is 10.2 Å². The Labute approximate surface area is 158 Å². The average molecular weight is 394 g/mol. The van der Waals surface area contributed by atoms with Crippen molar-refractivity contribution in [2.24, 2.45) is 0 Å². The lowest BCUT2D eigenvalue weighted by Gasteiger charge is -2.23. The lowest BCUT2D eigenvalue weighted by molar-refractivity contribution is 0.0747. The molecule has 0 spiro atoms. The summed E-state index contributed by atoms with van der Waals surface area (Å²) in [7, 11) is -1.40. The molecule has 0 saturated carbocycles. The molecule has 1 N–H and O–H groups in total. The molecule has 2 heterocycles. The van der Waals surface area contributed by atoms with Gasteiger partial charge in [0.1, 0.15) is 5.82 Å². The zero-order valence-electron chi connectivity index (χ0n) is 14.6. The molecule has 0 bridgehead atoms. The number of halogens is 1. The SMILES string of the molecule is Cc1ccc(Nc2cc(C(=O)N(C)C3CCS(=O)(=O)C3)ccn2)cc1Cl. The molecule has 1 atom stereocenters. The number of hydrogen-bond acceptors (Lipinski definition) is 5. The topological polar surface area (TPSA) is 79.4 Å². The fourth-order valence-corrected chi connectivity index (χ4v) is 4.86. The molecule has 1 saturated heterocycles. The molecule has 6 nitrogen and oxygen atoms in total. The van der Waals surface area contributed by atoms with E-state index < -0.39 is 9.84 Å². The van der Waals surface area contributed by atoms with Gasteiger partial charge in [-0.3, -0.25) is 4.79 Å². The standard InChI is InChI=1S/C18H20ClN3O3S/c1-12-3-4-14(10-16(12)19)21-17-9-13(5-7-20-17)18(23)22(2)15-6-8-26(24,25)11-15/h3-5,7,9-10,15H,6,8,11H2,1-2H3,(H,20,21). The summed E-state index contributed by atoms with van der Waals surface area (Å²) in [5.41, 5.74) is 2.20. The molecule has 1 aliphatic heterocycles. The Morgan fingerprint density at radius 2 is 2.08 bits per heavy atom. The van der Waals surface area contributed by atoms with Crippen LogP contribution in [-0.4, -0.2) is 48.8 Å². The van der Waals surface area contributed by atoms with Gasteiger partial charge in [0.15, 0.2) is 9.84 Å². The Hall–Kier alpha value is -2.12. The van der Waals surface area contributed by atoms with Gasteiger partial charge in [-0.15, -0.1) is 0 Å². The molecule has 138 valence electrons. The monoisotopic (exact) mass is 393 g/mol. The molecule has 0 aliphatic carbocycles. The molecule has 1 aromatic carbocycles. The van der Waals surface area contributed by atoms with Crippen LogP contribution in [0.4, 0.5) is 11.5 Å². The fourth-order valence-electron chi connectivity index (χ4n) is 2.90. The minimum atomic E-state index is -3.04. The number of hydrogen-bond donors (Lipinski definition) is 1. The van der Waals surface area contributed by atoms with E-state index in [4.69, 9.17) is 11.6 Å². The number of pyridine rings is 1. The van der Waals surface area contributed by atoms with Crippen LogP contribution in [0.2, 0.25) is 5.02 Å². The first-order valence-electron chi connectivity index (χ1n) is 8.22. The van der Waals surface area contributed by atoms with Gasteiger partial charge in [-0.2, -0.15) is 0 Å². The largest absolute Gasteiger partial charge is 0.340 e. The summed E-state index contributed by atoms with van der Waals surface area (Å²) in [6, 6.07) is 8.56. The van der Waals surface area contributed by atoms with E-state index in [1.54, 1.807) is 31.4 Å². The molecule has 1 unspecified atom stereocenters. The second kappa shape index (κ2) is 7.25. The maximum absolute atomic E-state index is 12.7. The zero-order valence-corrected chi connectivity index (χ0v) is 16.1. The van der Waals surface area contributed by atoms with Crippen molar-refractivity contribution in [3.8, 4) is 0 Å². The van der Waals surface area contributed by atoms with Gasteiger partial charge in [-0.05, 0) is 43.2 Å². The number of anilines is 2. The normalized spacial score (nSPS) is 18.5. The Bertz CT molecular complexity index is 946. The van der Waals surface area contributed by atoms with Crippen LogP contribution in [0, 0.1) is 6.92 Å². The molecule has 1 aliphatic rings. The van der Waals surface area contributed by atoms with Crippen molar-refractivity contribution in [2.75, 3.05) is 23.9 Å². The molecule has 3 rings (SSSR count). The van der Waals surface area contributed by atoms with Crippen LogP contribution in [0.3, 0.4) is 0 Å². The Morgan fingerprint density at radius 3 is 2.73 bits per heavy atom. The predicted molar refractivity (Wildman–Crippen MR) is 103 cm³/mol. The number of carbonyl (C=O) groups excluding carboxylic acids is 1. The summed E-state index contributed by atoms with van der Waals surface area (Å²) in [5, 5.41) is 3.77. The van der Waals surface area contributed by atoms with Crippen molar-refractivity contribution in [1.29, 1.82) is 0 Å². The Morgan fingerprint density at radius 1 is 1.31 bits per heavy atom. The van der Waals surface area contributed by atoms with Crippen molar-refractivity contribution in [3.63, 3.8) is 0 Å². The molecule has 2 aromatic rings. The van der Waals surface area contributed by atoms with Crippen molar-refractivity contribution >= 4 is 38.9 Å². The zero-order chi connectivity index (χ0) is 18.9. The number of benzene rings is 1. The van der Waals surface area contributed by atoms with E-state index in [1.807, 2.05) is 19.1 Å². The minimum Gasteiger partial charge on any atom is -0.340 e. The lowest BCUT2D eigenvalue weighted by atomic mass is 10.1. The molecule has 8 heteroatoms. The molecule has 26 heavy (non-hydrogen) atoms. The number of sulfone groups is 1. The molecule has 1 fully saturated rings. The summed E-state index contributed by atoms with van der Waals surface area (Å²) in [6.45, 7) is 1.92. The van der Waals surface area contributed by atoms with Crippen LogP contribution in [0.25, 0.3) is 0 Å². The number of nitrogens with one attached hydrogen (secondary N) is 1. The quantitative estimate of drug-likeness (QED) is 0.863. The number of rotatable bonds is 4. The predicted octanol–water partition coefficient (Wildman–Crippen LogP) is 3.05. The molecule has 1 aromatic heterocycles. The number of nitrogens with zero attached hydrogens (tertiary/aromatic N) is 2. The van der Waals surface area contributed by atoms with Gasteiger partial charge in [0, 0.05) is 35.6 Å². The summed E-state index contributed by atoms with van der Waals surface area (Å²) in [5.74, 6) is 0.447. The van der Waals surface area contributed by atoms with Crippen LogP contribution in [0.5, 0.6) is 0 Å². The first kappa shape index (κ1) is 18.7. The third-order valence-electron chi connectivity index (χ3n) is 4.53. The average Bonchev–Trinajstić information content (AvgIpc) is 2.97. The van der Waals surface area contributed by atoms with Gasteiger partial charge in [0.2, 0.25) is 0 Å². The maximum atomic E-state index is 12.7. The van der Waals surface area contributed by atoms with Gasteiger partial charge >= 0.3 is 0 Å². The third kappa shape index (κ3) is 4.16. The van der Waals surface area contributed by atoms with Crippen LogP contribution >= 0.6 is 11.6 Å². The third-order valence-corrected chi connectivity index (χ3v) is 6.69. The first-order chi connectivity index (χ1) is 12.2. The van der Waals surface area contributed by atoms with Crippen LogP contribution in [0.15, 0.2) is 36.5 Å². The molecule has 0 radical (unpaired) electrons. The van der Waals surface area contributed by atoms with Gasteiger partial charge in [-0.25, -0.2) is 13.4 Å². The van der Waals surface area contributed by atoms with E-state index in [9.17, 15) is 13.2 Å². The fraction of sp³-hybridized carbons (Fsp3) is 0.333. The number of aryl methyl sites for hydroxylation is 1.